The second-order valence-electron chi connectivity index (χ2n) is 9.62. The smallest absolute Gasteiger partial charge is 0.261 e. The highest BCUT2D eigenvalue weighted by Crippen LogP contribution is 2.29. The van der Waals surface area contributed by atoms with Gasteiger partial charge in [-0.05, 0) is 65.0 Å². The number of nitrogens with one attached hydrogen (secondary N) is 1. The molecule has 37 heavy (non-hydrogen) atoms. The Bertz CT molecular complexity index is 1200. The normalized spacial score (nSPS) is 11.9. The molecule has 0 aliphatic carbocycles. The zero-order valence-corrected chi connectivity index (χ0v) is 23.3. The van der Waals surface area contributed by atoms with Crippen molar-refractivity contribution >= 4 is 27.7 Å². The minimum absolute atomic E-state index is 0.0641. The van der Waals surface area contributed by atoms with Crippen molar-refractivity contribution in [2.45, 2.75) is 58.7 Å². The highest BCUT2D eigenvalue weighted by molar-refractivity contribution is 9.10. The van der Waals surface area contributed by atoms with Crippen molar-refractivity contribution in [1.82, 2.24) is 10.2 Å². The quantitative estimate of drug-likeness (QED) is 0.297. The van der Waals surface area contributed by atoms with E-state index in [0.29, 0.717) is 17.2 Å². The maximum absolute atomic E-state index is 14.6. The minimum Gasteiger partial charge on any atom is -0.483 e. The number of hydrogen-bond donors (Lipinski definition) is 1. The molecule has 1 atom stereocenters. The summed E-state index contributed by atoms with van der Waals surface area (Å²) < 4.78 is 21.3. The Morgan fingerprint density at radius 1 is 0.973 bits per heavy atom. The van der Waals surface area contributed by atoms with Crippen LogP contribution in [0.3, 0.4) is 0 Å². The summed E-state index contributed by atoms with van der Waals surface area (Å²) in [4.78, 5) is 28.4. The number of rotatable bonds is 11. The maximum atomic E-state index is 14.6. The summed E-state index contributed by atoms with van der Waals surface area (Å²) in [6.45, 7) is 7.56. The highest BCUT2D eigenvalue weighted by atomic mass is 79.9. The van der Waals surface area contributed by atoms with E-state index in [1.54, 1.807) is 18.2 Å². The summed E-state index contributed by atoms with van der Waals surface area (Å²) in [5.74, 6) is -0.277. The molecule has 0 aliphatic rings. The van der Waals surface area contributed by atoms with E-state index in [1.807, 2.05) is 62.4 Å². The second kappa shape index (κ2) is 13.4. The molecule has 1 N–H and O–H groups in total. The standard InChI is InChI=1S/C30H34BrFN2O3/c1-20(2)23-14-15-28(25(31)17-23)37-19-29(35)34(18-24-12-8-9-13-26(24)32)27(30(36)33-21(3)4)16-22-10-6-5-7-11-22/h5-15,17,20-21,27H,16,18-19H2,1-4H3,(H,33,36)/t27-/m0/s1. The Morgan fingerprint density at radius 3 is 2.27 bits per heavy atom. The third kappa shape index (κ3) is 8.15. The first-order chi connectivity index (χ1) is 17.7. The maximum Gasteiger partial charge on any atom is 0.261 e. The molecule has 0 heterocycles. The number of hydrogen-bond acceptors (Lipinski definition) is 3. The van der Waals surface area contributed by atoms with Crippen molar-refractivity contribution in [1.29, 1.82) is 0 Å². The molecule has 7 heteroatoms. The first kappa shape index (κ1) is 28.4. The van der Waals surface area contributed by atoms with Crippen LogP contribution in [0.4, 0.5) is 4.39 Å². The van der Waals surface area contributed by atoms with Gasteiger partial charge in [0, 0.05) is 24.6 Å². The summed E-state index contributed by atoms with van der Waals surface area (Å²) in [6, 6.07) is 20.5. The first-order valence-corrected chi connectivity index (χ1v) is 13.2. The van der Waals surface area contributed by atoms with E-state index in [9.17, 15) is 14.0 Å². The number of nitrogens with zero attached hydrogens (tertiary/aromatic N) is 1. The molecule has 0 aromatic heterocycles. The average molecular weight is 570 g/mol. The molecular formula is C30H34BrFN2O3. The number of benzene rings is 3. The molecule has 0 spiro atoms. The largest absolute Gasteiger partial charge is 0.483 e. The van der Waals surface area contributed by atoms with E-state index in [1.165, 1.54) is 11.0 Å². The van der Waals surface area contributed by atoms with Crippen molar-refractivity contribution in [3.63, 3.8) is 0 Å². The Morgan fingerprint density at radius 2 is 1.65 bits per heavy atom. The highest BCUT2D eigenvalue weighted by Gasteiger charge is 2.31. The third-order valence-electron chi connectivity index (χ3n) is 5.97. The topological polar surface area (TPSA) is 58.6 Å². The molecular weight excluding hydrogens is 535 g/mol. The number of halogens is 2. The summed E-state index contributed by atoms with van der Waals surface area (Å²) in [7, 11) is 0. The number of carbonyl (C=O) groups excluding carboxylic acids is 2. The van der Waals surface area contributed by atoms with Gasteiger partial charge in [0.05, 0.1) is 4.47 Å². The molecule has 0 radical (unpaired) electrons. The van der Waals surface area contributed by atoms with E-state index >= 15 is 0 Å². The van der Waals surface area contributed by atoms with Gasteiger partial charge in [0.1, 0.15) is 17.6 Å². The fourth-order valence-electron chi connectivity index (χ4n) is 3.96. The first-order valence-electron chi connectivity index (χ1n) is 12.4. The lowest BCUT2D eigenvalue weighted by molar-refractivity contribution is -0.143. The van der Waals surface area contributed by atoms with Crippen LogP contribution in [0.5, 0.6) is 5.75 Å². The van der Waals surface area contributed by atoms with E-state index in [-0.39, 0.29) is 31.5 Å². The van der Waals surface area contributed by atoms with E-state index in [0.717, 1.165) is 15.6 Å². The van der Waals surface area contributed by atoms with Crippen molar-refractivity contribution in [2.24, 2.45) is 0 Å². The Hall–Kier alpha value is -3.19. The van der Waals surface area contributed by atoms with Gasteiger partial charge < -0.3 is 15.0 Å². The SMILES string of the molecule is CC(C)NC(=O)[C@H](Cc1ccccc1)N(Cc1ccccc1F)C(=O)COc1ccc(C(C)C)cc1Br. The Balaban J connectivity index is 1.91. The zero-order valence-electron chi connectivity index (χ0n) is 21.7. The summed E-state index contributed by atoms with van der Waals surface area (Å²) >= 11 is 3.53. The predicted octanol–water partition coefficient (Wildman–Crippen LogP) is 6.26. The fourth-order valence-corrected chi connectivity index (χ4v) is 4.47. The van der Waals surface area contributed by atoms with Crippen LogP contribution < -0.4 is 10.1 Å². The molecule has 3 rings (SSSR count). The van der Waals surface area contributed by atoms with Crippen LogP contribution in [0.1, 0.15) is 50.3 Å². The third-order valence-corrected chi connectivity index (χ3v) is 6.59. The molecule has 0 saturated carbocycles. The van der Waals surface area contributed by atoms with Crippen molar-refractivity contribution in [3.05, 3.63) is 99.8 Å². The van der Waals surface area contributed by atoms with Crippen LogP contribution >= 0.6 is 15.9 Å². The van der Waals surface area contributed by atoms with Crippen LogP contribution in [0.15, 0.2) is 77.3 Å². The molecule has 0 unspecified atom stereocenters. The monoisotopic (exact) mass is 568 g/mol. The van der Waals surface area contributed by atoms with Gasteiger partial charge in [-0.3, -0.25) is 9.59 Å². The van der Waals surface area contributed by atoms with Crippen molar-refractivity contribution in [3.8, 4) is 5.75 Å². The number of carbonyl (C=O) groups is 2. The van der Waals surface area contributed by atoms with Crippen LogP contribution in [0, 0.1) is 5.82 Å². The molecule has 3 aromatic carbocycles. The Labute approximate surface area is 227 Å². The van der Waals surface area contributed by atoms with Gasteiger partial charge in [-0.2, -0.15) is 0 Å². The minimum atomic E-state index is -0.854. The van der Waals surface area contributed by atoms with E-state index < -0.39 is 17.8 Å². The van der Waals surface area contributed by atoms with Crippen molar-refractivity contribution in [2.75, 3.05) is 6.61 Å². The molecule has 0 bridgehead atoms. The predicted molar refractivity (Wildman–Crippen MR) is 148 cm³/mol. The van der Waals surface area contributed by atoms with Crippen LogP contribution in [-0.2, 0) is 22.6 Å². The summed E-state index contributed by atoms with van der Waals surface area (Å²) in [6.07, 6.45) is 0.284. The van der Waals surface area contributed by atoms with Gasteiger partial charge in [0.2, 0.25) is 5.91 Å². The fraction of sp³-hybridized carbons (Fsp3) is 0.333. The summed E-state index contributed by atoms with van der Waals surface area (Å²) in [5.41, 5.74) is 2.36. The van der Waals surface area contributed by atoms with Crippen molar-refractivity contribution < 1.29 is 18.7 Å². The second-order valence-corrected chi connectivity index (χ2v) is 10.5. The molecule has 196 valence electrons. The van der Waals surface area contributed by atoms with Gasteiger partial charge in [-0.1, -0.05) is 68.4 Å². The average Bonchev–Trinajstić information content (AvgIpc) is 2.86. The van der Waals surface area contributed by atoms with E-state index in [2.05, 4.69) is 35.1 Å². The zero-order chi connectivity index (χ0) is 26.9. The van der Waals surface area contributed by atoms with Gasteiger partial charge in [-0.25, -0.2) is 4.39 Å². The molecule has 0 saturated heterocycles. The molecule has 5 nitrogen and oxygen atoms in total. The van der Waals surface area contributed by atoms with Gasteiger partial charge in [0.25, 0.3) is 5.91 Å². The van der Waals surface area contributed by atoms with Gasteiger partial charge in [-0.15, -0.1) is 0 Å². The lowest BCUT2D eigenvalue weighted by Gasteiger charge is -2.32. The summed E-state index contributed by atoms with van der Waals surface area (Å²) in [5, 5.41) is 2.92. The Kier molecular flexibility index (Phi) is 10.3. The van der Waals surface area contributed by atoms with Gasteiger partial charge >= 0.3 is 0 Å². The molecule has 3 aromatic rings. The lowest BCUT2D eigenvalue weighted by Crippen LogP contribution is -2.53. The number of ether oxygens (including phenoxy) is 1. The molecule has 0 aliphatic heterocycles. The van der Waals surface area contributed by atoms with Gasteiger partial charge in [0.15, 0.2) is 6.61 Å². The number of amides is 2. The van der Waals surface area contributed by atoms with Crippen LogP contribution in [0.2, 0.25) is 0 Å². The van der Waals surface area contributed by atoms with Crippen LogP contribution in [0.25, 0.3) is 0 Å². The molecule has 2 amide bonds. The lowest BCUT2D eigenvalue weighted by atomic mass is 10.0. The molecule has 0 fully saturated rings. The van der Waals surface area contributed by atoms with Crippen LogP contribution in [-0.4, -0.2) is 35.4 Å². The van der Waals surface area contributed by atoms with E-state index in [4.69, 9.17) is 4.74 Å².